The lowest BCUT2D eigenvalue weighted by Crippen LogP contribution is -2.10. The largest absolute Gasteiger partial charge is 0.433 e. The van der Waals surface area contributed by atoms with Crippen LogP contribution >= 0.6 is 15.9 Å². The van der Waals surface area contributed by atoms with E-state index in [9.17, 15) is 19.3 Å². The molecule has 0 atom stereocenters. The summed E-state index contributed by atoms with van der Waals surface area (Å²) < 4.78 is 18.2. The average molecular weight is 329 g/mol. The molecule has 1 aromatic heterocycles. The van der Waals surface area contributed by atoms with Crippen molar-refractivity contribution >= 4 is 33.4 Å². The zero-order valence-electron chi connectivity index (χ0n) is 9.22. The molecule has 0 bridgehead atoms. The number of anilines is 1. The quantitative estimate of drug-likeness (QED) is 0.691. The van der Waals surface area contributed by atoms with Gasteiger partial charge in [0.15, 0.2) is 5.76 Å². The fraction of sp³-hybridized carbons (Fsp3) is 0. The van der Waals surface area contributed by atoms with Crippen LogP contribution in [0.3, 0.4) is 0 Å². The van der Waals surface area contributed by atoms with E-state index in [1.165, 1.54) is 18.2 Å². The normalized spacial score (nSPS) is 10.2. The van der Waals surface area contributed by atoms with Gasteiger partial charge in [-0.1, -0.05) is 0 Å². The molecule has 0 radical (unpaired) electrons. The number of hydrogen-bond acceptors (Lipinski definition) is 4. The van der Waals surface area contributed by atoms with Gasteiger partial charge in [-0.25, -0.2) is 4.39 Å². The number of hydrogen-bond donors (Lipinski definition) is 1. The molecule has 1 amide bonds. The van der Waals surface area contributed by atoms with Crippen LogP contribution in [0, 0.1) is 15.9 Å². The number of rotatable bonds is 3. The second-order valence-corrected chi connectivity index (χ2v) is 4.33. The van der Waals surface area contributed by atoms with Gasteiger partial charge in [0.1, 0.15) is 10.7 Å². The Morgan fingerprint density at radius 1 is 1.37 bits per heavy atom. The Kier molecular flexibility index (Phi) is 3.61. The molecule has 1 aromatic carbocycles. The van der Waals surface area contributed by atoms with Gasteiger partial charge in [0.05, 0.1) is 10.5 Å². The predicted octanol–water partition coefficient (Wildman–Crippen LogP) is 3.34. The molecule has 0 saturated carbocycles. The summed E-state index contributed by atoms with van der Waals surface area (Å²) >= 11 is 2.98. The summed E-state index contributed by atoms with van der Waals surface area (Å²) in [7, 11) is 0. The molecule has 8 heteroatoms. The molecule has 0 fully saturated rings. The van der Waals surface area contributed by atoms with Crippen molar-refractivity contribution in [2.45, 2.75) is 0 Å². The molecular formula is C11H6BrFN2O4. The molecule has 0 unspecified atom stereocenters. The first-order valence-corrected chi connectivity index (χ1v) is 5.77. The lowest BCUT2D eigenvalue weighted by Gasteiger charge is -2.03. The third-order valence-electron chi connectivity index (χ3n) is 2.17. The van der Waals surface area contributed by atoms with Gasteiger partial charge in [0.25, 0.3) is 5.91 Å². The van der Waals surface area contributed by atoms with E-state index in [1.54, 1.807) is 0 Å². The van der Waals surface area contributed by atoms with Crippen molar-refractivity contribution in [2.75, 3.05) is 5.32 Å². The molecular weight excluding hydrogens is 323 g/mol. The lowest BCUT2D eigenvalue weighted by atomic mass is 10.3. The number of benzene rings is 1. The monoisotopic (exact) mass is 328 g/mol. The minimum absolute atomic E-state index is 0.213. The molecule has 19 heavy (non-hydrogen) atoms. The number of carbonyl (C=O) groups is 1. The summed E-state index contributed by atoms with van der Waals surface area (Å²) in [6.07, 6.45) is 0. The fourth-order valence-electron chi connectivity index (χ4n) is 1.31. The summed E-state index contributed by atoms with van der Waals surface area (Å²) in [4.78, 5) is 21.3. The maximum Gasteiger partial charge on any atom is 0.433 e. The van der Waals surface area contributed by atoms with Crippen molar-refractivity contribution in [3.63, 3.8) is 0 Å². The maximum absolute atomic E-state index is 13.2. The number of nitrogens with one attached hydrogen (secondary N) is 1. The van der Waals surface area contributed by atoms with Crippen molar-refractivity contribution in [2.24, 2.45) is 0 Å². The number of carbonyl (C=O) groups excluding carboxylic acids is 1. The smallest absolute Gasteiger partial charge is 0.395 e. The fourth-order valence-corrected chi connectivity index (χ4v) is 1.56. The van der Waals surface area contributed by atoms with Gasteiger partial charge in [0.2, 0.25) is 0 Å². The highest BCUT2D eigenvalue weighted by atomic mass is 79.9. The Bertz CT molecular complexity index is 656. The van der Waals surface area contributed by atoms with E-state index in [4.69, 9.17) is 4.42 Å². The highest BCUT2D eigenvalue weighted by Gasteiger charge is 2.17. The van der Waals surface area contributed by atoms with Crippen LogP contribution in [0.1, 0.15) is 10.6 Å². The van der Waals surface area contributed by atoms with Crippen LogP contribution in [-0.4, -0.2) is 10.8 Å². The van der Waals surface area contributed by atoms with Crippen LogP contribution in [0.15, 0.2) is 39.2 Å². The Hall–Kier alpha value is -2.22. The summed E-state index contributed by atoms with van der Waals surface area (Å²) in [5.74, 6) is -2.00. The molecule has 1 heterocycles. The van der Waals surface area contributed by atoms with Gasteiger partial charge in [-0.05, 0) is 40.2 Å². The van der Waals surface area contributed by atoms with Gasteiger partial charge >= 0.3 is 5.88 Å². The van der Waals surface area contributed by atoms with E-state index in [1.807, 2.05) is 0 Å². The number of amides is 1. The predicted molar refractivity (Wildman–Crippen MR) is 67.4 cm³/mol. The van der Waals surface area contributed by atoms with E-state index in [2.05, 4.69) is 21.2 Å². The SMILES string of the molecule is O=C(Nc1ccc(Br)c(F)c1)c1ccc([N+](=O)[O-])o1. The van der Waals surface area contributed by atoms with Crippen molar-refractivity contribution in [3.8, 4) is 0 Å². The van der Waals surface area contributed by atoms with E-state index >= 15 is 0 Å². The molecule has 2 rings (SSSR count). The topological polar surface area (TPSA) is 85.4 Å². The van der Waals surface area contributed by atoms with Crippen molar-refractivity contribution < 1.29 is 18.5 Å². The summed E-state index contributed by atoms with van der Waals surface area (Å²) in [5.41, 5.74) is 0.213. The zero-order chi connectivity index (χ0) is 14.0. The summed E-state index contributed by atoms with van der Waals surface area (Å²) in [6.45, 7) is 0. The van der Waals surface area contributed by atoms with Crippen LogP contribution in [-0.2, 0) is 0 Å². The first kappa shape index (κ1) is 13.2. The average Bonchev–Trinajstić information content (AvgIpc) is 2.83. The summed E-state index contributed by atoms with van der Waals surface area (Å²) in [5, 5.41) is 12.8. The van der Waals surface area contributed by atoms with Crippen LogP contribution in [0.5, 0.6) is 0 Å². The Morgan fingerprint density at radius 2 is 2.11 bits per heavy atom. The second-order valence-electron chi connectivity index (χ2n) is 3.48. The van der Waals surface area contributed by atoms with Crippen molar-refractivity contribution in [1.29, 1.82) is 0 Å². The standard InChI is InChI=1S/C11H6BrFN2O4/c12-7-2-1-6(5-8(7)13)14-11(16)9-3-4-10(19-9)15(17)18/h1-5H,(H,14,16). The third kappa shape index (κ3) is 2.97. The molecule has 0 spiro atoms. The maximum atomic E-state index is 13.2. The number of halogens is 2. The lowest BCUT2D eigenvalue weighted by molar-refractivity contribution is -0.402. The first-order valence-electron chi connectivity index (χ1n) is 4.98. The zero-order valence-corrected chi connectivity index (χ0v) is 10.8. The molecule has 0 aliphatic rings. The molecule has 0 aliphatic carbocycles. The molecule has 6 nitrogen and oxygen atoms in total. The molecule has 0 aliphatic heterocycles. The van der Waals surface area contributed by atoms with Crippen LogP contribution in [0.4, 0.5) is 16.0 Å². The van der Waals surface area contributed by atoms with Crippen molar-refractivity contribution in [3.05, 3.63) is 56.5 Å². The summed E-state index contributed by atoms with van der Waals surface area (Å²) in [6, 6.07) is 6.25. The number of furan rings is 1. The van der Waals surface area contributed by atoms with E-state index in [0.29, 0.717) is 0 Å². The molecule has 2 aromatic rings. The van der Waals surface area contributed by atoms with E-state index in [0.717, 1.165) is 12.1 Å². The van der Waals surface area contributed by atoms with Crippen LogP contribution in [0.2, 0.25) is 0 Å². The highest BCUT2D eigenvalue weighted by Crippen LogP contribution is 2.21. The number of nitro groups is 1. The Labute approximate surface area is 114 Å². The highest BCUT2D eigenvalue weighted by molar-refractivity contribution is 9.10. The van der Waals surface area contributed by atoms with Crippen LogP contribution in [0.25, 0.3) is 0 Å². The first-order chi connectivity index (χ1) is 8.97. The minimum atomic E-state index is -0.754. The van der Waals surface area contributed by atoms with Gasteiger partial charge < -0.3 is 9.73 Å². The van der Waals surface area contributed by atoms with Gasteiger partial charge in [-0.15, -0.1) is 0 Å². The van der Waals surface area contributed by atoms with E-state index in [-0.39, 0.29) is 15.9 Å². The molecule has 98 valence electrons. The van der Waals surface area contributed by atoms with Crippen LogP contribution < -0.4 is 5.32 Å². The van der Waals surface area contributed by atoms with E-state index < -0.39 is 22.5 Å². The minimum Gasteiger partial charge on any atom is -0.395 e. The second kappa shape index (κ2) is 5.19. The van der Waals surface area contributed by atoms with Gasteiger partial charge in [-0.2, -0.15) is 0 Å². The Balaban J connectivity index is 2.15. The van der Waals surface area contributed by atoms with Crippen molar-refractivity contribution in [1.82, 2.24) is 0 Å². The van der Waals surface area contributed by atoms with Gasteiger partial charge in [0, 0.05) is 5.69 Å². The third-order valence-corrected chi connectivity index (χ3v) is 2.82. The molecule has 1 N–H and O–H groups in total. The molecule has 0 saturated heterocycles. The number of nitrogens with zero attached hydrogens (tertiary/aromatic N) is 1. The Morgan fingerprint density at radius 3 is 2.68 bits per heavy atom. The van der Waals surface area contributed by atoms with Gasteiger partial charge in [-0.3, -0.25) is 14.9 Å².